The van der Waals surface area contributed by atoms with Crippen molar-refractivity contribution in [1.29, 1.82) is 0 Å². The summed E-state index contributed by atoms with van der Waals surface area (Å²) in [5.74, 6) is 0. The molecule has 1 atom stereocenters. The Kier molecular flexibility index (Phi) is 14.3. The molecule has 1 amide bonds. The molecule has 1 heterocycles. The van der Waals surface area contributed by atoms with E-state index in [2.05, 4.69) is 22.3 Å². The van der Waals surface area contributed by atoms with Gasteiger partial charge in [-0.2, -0.15) is 0 Å². The molecule has 0 spiro atoms. The summed E-state index contributed by atoms with van der Waals surface area (Å²) < 4.78 is 5.03. The SMILES string of the molecule is CCCCCCCCCCCCNCCCN1CCCC1OC(=O)N=O. The van der Waals surface area contributed by atoms with Crippen molar-refractivity contribution in [3.63, 3.8) is 0 Å². The van der Waals surface area contributed by atoms with Crippen LogP contribution in [0, 0.1) is 4.91 Å². The smallest absolute Gasteiger partial charge is 0.427 e. The highest BCUT2D eigenvalue weighted by molar-refractivity contribution is 5.67. The van der Waals surface area contributed by atoms with Crippen molar-refractivity contribution in [3.05, 3.63) is 4.91 Å². The molecule has 0 radical (unpaired) electrons. The van der Waals surface area contributed by atoms with Crippen LogP contribution in [0.3, 0.4) is 0 Å². The van der Waals surface area contributed by atoms with Crippen LogP contribution in [-0.4, -0.2) is 43.4 Å². The predicted octanol–water partition coefficient (Wildman–Crippen LogP) is 5.21. The molecule has 152 valence electrons. The van der Waals surface area contributed by atoms with E-state index < -0.39 is 6.09 Å². The molecule has 0 saturated carbocycles. The van der Waals surface area contributed by atoms with E-state index in [0.29, 0.717) is 0 Å². The van der Waals surface area contributed by atoms with E-state index in [0.717, 1.165) is 45.4 Å². The molecule has 1 rings (SSSR count). The zero-order chi connectivity index (χ0) is 18.9. The largest absolute Gasteiger partial charge is 0.472 e. The van der Waals surface area contributed by atoms with Gasteiger partial charge >= 0.3 is 6.09 Å². The second-order valence-corrected chi connectivity index (χ2v) is 7.39. The van der Waals surface area contributed by atoms with E-state index in [9.17, 15) is 9.70 Å². The molecule has 1 saturated heterocycles. The van der Waals surface area contributed by atoms with Crippen LogP contribution >= 0.6 is 0 Å². The Morgan fingerprint density at radius 3 is 2.27 bits per heavy atom. The van der Waals surface area contributed by atoms with Crippen LogP contribution in [0.2, 0.25) is 0 Å². The van der Waals surface area contributed by atoms with Crippen molar-refractivity contribution in [2.75, 3.05) is 26.2 Å². The van der Waals surface area contributed by atoms with Crippen molar-refractivity contribution in [2.45, 2.75) is 96.6 Å². The fraction of sp³-hybridized carbons (Fsp3) is 0.950. The fourth-order valence-electron chi connectivity index (χ4n) is 3.59. The van der Waals surface area contributed by atoms with Gasteiger partial charge in [-0.15, -0.1) is 4.91 Å². The number of carbonyl (C=O) groups is 1. The van der Waals surface area contributed by atoms with E-state index in [4.69, 9.17) is 4.74 Å². The van der Waals surface area contributed by atoms with Gasteiger partial charge in [0.1, 0.15) is 0 Å². The van der Waals surface area contributed by atoms with Gasteiger partial charge in [-0.25, -0.2) is 4.79 Å². The number of nitrogens with zero attached hydrogens (tertiary/aromatic N) is 2. The highest BCUT2D eigenvalue weighted by Crippen LogP contribution is 2.18. The lowest BCUT2D eigenvalue weighted by molar-refractivity contribution is 0.0179. The summed E-state index contributed by atoms with van der Waals surface area (Å²) in [6.45, 7) is 6.16. The van der Waals surface area contributed by atoms with Gasteiger partial charge in [-0.05, 0) is 38.8 Å². The summed E-state index contributed by atoms with van der Waals surface area (Å²) in [5, 5.41) is 5.81. The third kappa shape index (κ3) is 11.6. The van der Waals surface area contributed by atoms with Crippen LogP contribution in [0.5, 0.6) is 0 Å². The lowest BCUT2D eigenvalue weighted by Gasteiger charge is -2.22. The minimum atomic E-state index is -0.999. The number of nitrogens with one attached hydrogen (secondary N) is 1. The van der Waals surface area contributed by atoms with Crippen LogP contribution < -0.4 is 5.32 Å². The van der Waals surface area contributed by atoms with E-state index in [-0.39, 0.29) is 6.23 Å². The lowest BCUT2D eigenvalue weighted by atomic mass is 10.1. The number of likely N-dealkylation sites (tertiary alicyclic amines) is 1. The first-order chi connectivity index (χ1) is 12.8. The molecule has 0 aromatic heterocycles. The van der Waals surface area contributed by atoms with E-state index in [1.165, 1.54) is 64.2 Å². The lowest BCUT2D eigenvalue weighted by Crippen LogP contribution is -2.34. The van der Waals surface area contributed by atoms with Gasteiger partial charge in [0.2, 0.25) is 0 Å². The average Bonchev–Trinajstić information content (AvgIpc) is 3.08. The highest BCUT2D eigenvalue weighted by Gasteiger charge is 2.27. The topological polar surface area (TPSA) is 71.0 Å². The van der Waals surface area contributed by atoms with Crippen LogP contribution in [0.15, 0.2) is 5.18 Å². The number of rotatable bonds is 16. The monoisotopic (exact) mass is 369 g/mol. The number of nitroso groups, excluding NO2 is 1. The molecule has 0 aromatic rings. The molecule has 1 unspecified atom stereocenters. The van der Waals surface area contributed by atoms with Crippen LogP contribution in [-0.2, 0) is 4.74 Å². The Bertz CT molecular complexity index is 366. The summed E-state index contributed by atoms with van der Waals surface area (Å²) in [6.07, 6.45) is 15.3. The molecule has 1 fully saturated rings. The van der Waals surface area contributed by atoms with Gasteiger partial charge in [0, 0.05) is 13.1 Å². The predicted molar refractivity (Wildman–Crippen MR) is 106 cm³/mol. The number of hydrogen-bond donors (Lipinski definition) is 1. The van der Waals surface area contributed by atoms with E-state index >= 15 is 0 Å². The maximum atomic E-state index is 11.0. The average molecular weight is 370 g/mol. The summed E-state index contributed by atoms with van der Waals surface area (Å²) in [4.78, 5) is 23.2. The van der Waals surface area contributed by atoms with Crippen LogP contribution in [0.4, 0.5) is 4.79 Å². The highest BCUT2D eigenvalue weighted by atomic mass is 16.6. The first-order valence-electron chi connectivity index (χ1n) is 10.8. The van der Waals surface area contributed by atoms with Gasteiger partial charge < -0.3 is 10.1 Å². The minimum Gasteiger partial charge on any atom is -0.427 e. The molecule has 6 nitrogen and oxygen atoms in total. The Morgan fingerprint density at radius 1 is 1.00 bits per heavy atom. The quantitative estimate of drug-likeness (QED) is 0.299. The summed E-state index contributed by atoms with van der Waals surface area (Å²) in [5.41, 5.74) is 0. The van der Waals surface area contributed by atoms with E-state index in [1.807, 2.05) is 0 Å². The number of carbonyl (C=O) groups excluding carboxylic acids is 1. The maximum Gasteiger partial charge on any atom is 0.472 e. The van der Waals surface area contributed by atoms with Gasteiger partial charge in [0.25, 0.3) is 0 Å². The Labute approximate surface area is 159 Å². The molecule has 1 aliphatic rings. The van der Waals surface area contributed by atoms with Gasteiger partial charge in [-0.1, -0.05) is 64.7 Å². The molecular formula is C20H39N3O3. The molecule has 0 bridgehead atoms. The minimum absolute atomic E-state index is 0.262. The molecule has 6 heteroatoms. The maximum absolute atomic E-state index is 11.0. The number of amides is 1. The molecule has 0 aromatic carbocycles. The molecule has 1 aliphatic heterocycles. The first-order valence-corrected chi connectivity index (χ1v) is 10.8. The van der Waals surface area contributed by atoms with Crippen molar-refractivity contribution in [1.82, 2.24) is 10.2 Å². The zero-order valence-electron chi connectivity index (χ0n) is 16.7. The van der Waals surface area contributed by atoms with Crippen LogP contribution in [0.1, 0.15) is 90.4 Å². The molecular weight excluding hydrogens is 330 g/mol. The zero-order valence-corrected chi connectivity index (χ0v) is 16.7. The van der Waals surface area contributed by atoms with Crippen molar-refractivity contribution in [2.24, 2.45) is 5.18 Å². The molecule has 0 aliphatic carbocycles. The summed E-state index contributed by atoms with van der Waals surface area (Å²) in [6, 6.07) is 0. The standard InChI is InChI=1S/C20H39N3O3/c1-2-3-4-5-6-7-8-9-10-11-15-21-16-13-18-23-17-12-14-19(23)26-20(24)22-25/h19,21H,2-18H2,1H3. The third-order valence-corrected chi connectivity index (χ3v) is 5.12. The first kappa shape index (κ1) is 23.0. The van der Waals surface area contributed by atoms with Gasteiger partial charge in [0.15, 0.2) is 6.23 Å². The molecule has 1 N–H and O–H groups in total. The Hall–Kier alpha value is -1.01. The fourth-order valence-corrected chi connectivity index (χ4v) is 3.59. The number of unbranched alkanes of at least 4 members (excludes halogenated alkanes) is 9. The van der Waals surface area contributed by atoms with E-state index in [1.54, 1.807) is 0 Å². The van der Waals surface area contributed by atoms with Gasteiger partial charge in [0.05, 0.1) is 5.18 Å². The summed E-state index contributed by atoms with van der Waals surface area (Å²) in [7, 11) is 0. The van der Waals surface area contributed by atoms with Crippen molar-refractivity contribution >= 4 is 6.09 Å². The normalized spacial score (nSPS) is 17.5. The van der Waals surface area contributed by atoms with Crippen molar-refractivity contribution < 1.29 is 9.53 Å². The second-order valence-electron chi connectivity index (χ2n) is 7.39. The second kappa shape index (κ2) is 16.2. The Balaban J connectivity index is 1.84. The Morgan fingerprint density at radius 2 is 1.62 bits per heavy atom. The molecule has 26 heavy (non-hydrogen) atoms. The van der Waals surface area contributed by atoms with Crippen LogP contribution in [0.25, 0.3) is 0 Å². The van der Waals surface area contributed by atoms with Gasteiger partial charge in [-0.3, -0.25) is 4.90 Å². The number of ether oxygens (including phenoxy) is 1. The summed E-state index contributed by atoms with van der Waals surface area (Å²) >= 11 is 0. The van der Waals surface area contributed by atoms with Crippen molar-refractivity contribution in [3.8, 4) is 0 Å². The third-order valence-electron chi connectivity index (χ3n) is 5.12. The number of hydrogen-bond acceptors (Lipinski definition) is 5.